The minimum absolute atomic E-state index is 0. The zero-order chi connectivity index (χ0) is 33.6. The molecule has 0 bridgehead atoms. The lowest BCUT2D eigenvalue weighted by molar-refractivity contribution is -0.143. The normalized spacial score (nSPS) is 13.0. The van der Waals surface area contributed by atoms with E-state index in [-0.39, 0.29) is 19.4 Å². The van der Waals surface area contributed by atoms with Gasteiger partial charge in [0.2, 0.25) is 0 Å². The fraction of sp³-hybridized carbons (Fsp3) is 0.756. The second kappa shape index (κ2) is 33.3. The molecule has 0 heterocycles. The van der Waals surface area contributed by atoms with Gasteiger partial charge in [-0.3, -0.25) is 4.79 Å². The molecule has 4 heteroatoms. The number of carbonyl (C=O) groups is 2. The number of hydrogen-bond donors (Lipinski definition) is 0. The van der Waals surface area contributed by atoms with Gasteiger partial charge in [-0.2, -0.15) is 0 Å². The zero-order valence-corrected chi connectivity index (χ0v) is 30.8. The van der Waals surface area contributed by atoms with Crippen LogP contribution in [0.25, 0.3) is 0 Å². The Hall–Kier alpha value is -2.10. The SMILES string of the molecule is C.CCOC(=O)/C=C/CC=C(C)CC/C=C(\C)CCC=C(C)C.CCOC(=O)CCCCC(C)CCCC(C)CCCC(C)C. The molecule has 45 heavy (non-hydrogen) atoms. The Labute approximate surface area is 281 Å². The molecule has 0 saturated heterocycles. The lowest BCUT2D eigenvalue weighted by Crippen LogP contribution is -2.04. The van der Waals surface area contributed by atoms with Crippen LogP contribution in [0.3, 0.4) is 0 Å². The minimum atomic E-state index is -0.261. The maximum Gasteiger partial charge on any atom is 0.330 e. The predicted molar refractivity (Wildman–Crippen MR) is 199 cm³/mol. The van der Waals surface area contributed by atoms with E-state index in [1.165, 1.54) is 67.7 Å². The van der Waals surface area contributed by atoms with Crippen LogP contribution in [0.1, 0.15) is 173 Å². The van der Waals surface area contributed by atoms with Gasteiger partial charge in [-0.05, 0) is 97.8 Å². The second-order valence-corrected chi connectivity index (χ2v) is 13.4. The number of ether oxygens (including phenoxy) is 2. The van der Waals surface area contributed by atoms with E-state index >= 15 is 0 Å². The summed E-state index contributed by atoms with van der Waals surface area (Å²) in [6, 6.07) is 0. The maximum atomic E-state index is 11.2. The molecule has 0 N–H and O–H groups in total. The molecule has 0 spiro atoms. The van der Waals surface area contributed by atoms with E-state index < -0.39 is 0 Å². The summed E-state index contributed by atoms with van der Waals surface area (Å²) in [5.41, 5.74) is 4.22. The van der Waals surface area contributed by atoms with Gasteiger partial charge >= 0.3 is 11.9 Å². The van der Waals surface area contributed by atoms with Crippen LogP contribution in [0, 0.1) is 17.8 Å². The summed E-state index contributed by atoms with van der Waals surface area (Å²) in [6.45, 7) is 22.6. The van der Waals surface area contributed by atoms with Crippen molar-refractivity contribution in [3.8, 4) is 0 Å². The van der Waals surface area contributed by atoms with Crippen molar-refractivity contribution in [1.29, 1.82) is 0 Å². The number of carbonyl (C=O) groups excluding carboxylic acids is 2. The lowest BCUT2D eigenvalue weighted by Gasteiger charge is -2.15. The molecule has 0 aliphatic rings. The Morgan fingerprint density at radius 3 is 1.67 bits per heavy atom. The smallest absolute Gasteiger partial charge is 0.330 e. The summed E-state index contributed by atoms with van der Waals surface area (Å²) >= 11 is 0. The summed E-state index contributed by atoms with van der Waals surface area (Å²) < 4.78 is 9.78. The van der Waals surface area contributed by atoms with Gasteiger partial charge in [0.25, 0.3) is 0 Å². The fourth-order valence-electron chi connectivity index (χ4n) is 4.94. The highest BCUT2D eigenvalue weighted by molar-refractivity contribution is 5.81. The highest BCUT2D eigenvalue weighted by Crippen LogP contribution is 2.21. The monoisotopic (exact) mass is 633 g/mol. The van der Waals surface area contributed by atoms with E-state index in [0.29, 0.717) is 19.6 Å². The van der Waals surface area contributed by atoms with Crippen molar-refractivity contribution in [2.45, 2.75) is 173 Å². The van der Waals surface area contributed by atoms with Gasteiger partial charge in [0.1, 0.15) is 0 Å². The summed E-state index contributed by atoms with van der Waals surface area (Å²) in [7, 11) is 0. The number of allylic oxidation sites excluding steroid dienone is 7. The van der Waals surface area contributed by atoms with Crippen molar-refractivity contribution >= 4 is 11.9 Å². The van der Waals surface area contributed by atoms with Gasteiger partial charge in [-0.25, -0.2) is 4.79 Å². The molecule has 0 aromatic rings. The van der Waals surface area contributed by atoms with E-state index in [2.05, 4.69) is 73.6 Å². The van der Waals surface area contributed by atoms with Gasteiger partial charge in [-0.15, -0.1) is 0 Å². The lowest BCUT2D eigenvalue weighted by atomic mass is 9.92. The van der Waals surface area contributed by atoms with Gasteiger partial charge in [-0.1, -0.05) is 128 Å². The van der Waals surface area contributed by atoms with Gasteiger partial charge in [0.05, 0.1) is 13.2 Å². The molecule has 0 radical (unpaired) electrons. The minimum Gasteiger partial charge on any atom is -0.466 e. The first-order chi connectivity index (χ1) is 20.9. The Morgan fingerprint density at radius 1 is 0.622 bits per heavy atom. The van der Waals surface area contributed by atoms with Gasteiger partial charge in [0, 0.05) is 12.5 Å². The number of esters is 2. The Balaban J connectivity index is -0.000000767. The van der Waals surface area contributed by atoms with Crippen LogP contribution < -0.4 is 0 Å². The quantitative estimate of drug-likeness (QED) is 0.0460. The summed E-state index contributed by atoms with van der Waals surface area (Å²) in [6.07, 6.45) is 27.6. The third-order valence-corrected chi connectivity index (χ3v) is 7.77. The van der Waals surface area contributed by atoms with Crippen LogP contribution >= 0.6 is 0 Å². The van der Waals surface area contributed by atoms with E-state index in [1.807, 2.05) is 19.9 Å². The molecule has 0 fully saturated rings. The van der Waals surface area contributed by atoms with Crippen LogP contribution in [0.5, 0.6) is 0 Å². The maximum absolute atomic E-state index is 11.2. The van der Waals surface area contributed by atoms with Crippen LogP contribution in [0.2, 0.25) is 0 Å². The third-order valence-electron chi connectivity index (χ3n) is 7.77. The molecule has 4 nitrogen and oxygen atoms in total. The van der Waals surface area contributed by atoms with Gasteiger partial charge < -0.3 is 9.47 Å². The number of hydrogen-bond acceptors (Lipinski definition) is 4. The standard InChI is InChI=1S/C20H40O2.C20H32O2.CH4/c2*1-6-22-20(21)16-8-7-12-18(4)14-10-15-19(5)13-9-11-17(2)3;/h17-19H,6-16H2,1-5H3;8,11-12,15-16H,6-7,9-10,13-14H2,1-5H3;1H4/b;16-8+,18-12?,19-15+;. The average molecular weight is 633 g/mol. The van der Waals surface area contributed by atoms with Crippen LogP contribution in [-0.4, -0.2) is 25.2 Å². The Morgan fingerprint density at radius 2 is 1.13 bits per heavy atom. The highest BCUT2D eigenvalue weighted by Gasteiger charge is 2.07. The summed E-state index contributed by atoms with van der Waals surface area (Å²) in [5, 5.41) is 0. The van der Waals surface area contributed by atoms with E-state index in [4.69, 9.17) is 9.47 Å². The van der Waals surface area contributed by atoms with Crippen molar-refractivity contribution in [2.75, 3.05) is 13.2 Å². The summed E-state index contributed by atoms with van der Waals surface area (Å²) in [4.78, 5) is 22.4. The molecular formula is C41H76O4. The summed E-state index contributed by atoms with van der Waals surface area (Å²) in [5.74, 6) is 2.23. The topological polar surface area (TPSA) is 52.6 Å². The van der Waals surface area contributed by atoms with E-state index in [0.717, 1.165) is 62.7 Å². The molecule has 0 aromatic heterocycles. The van der Waals surface area contributed by atoms with Crippen molar-refractivity contribution in [2.24, 2.45) is 17.8 Å². The molecule has 0 rings (SSSR count). The molecule has 2 unspecified atom stereocenters. The molecule has 0 aromatic carbocycles. The molecule has 0 amide bonds. The first kappa shape index (κ1) is 47.3. The molecule has 264 valence electrons. The van der Waals surface area contributed by atoms with E-state index in [9.17, 15) is 9.59 Å². The van der Waals surface area contributed by atoms with Gasteiger partial charge in [0.15, 0.2) is 0 Å². The molecule has 2 atom stereocenters. The molecular weight excluding hydrogens is 556 g/mol. The average Bonchev–Trinajstić information content (AvgIpc) is 2.94. The van der Waals surface area contributed by atoms with Crippen molar-refractivity contribution in [1.82, 2.24) is 0 Å². The Kier molecular flexibility index (Phi) is 35.0. The first-order valence-corrected chi connectivity index (χ1v) is 17.8. The number of unbranched alkanes of at least 4 members (excludes halogenated alkanes) is 1. The molecule has 0 saturated carbocycles. The largest absolute Gasteiger partial charge is 0.466 e. The highest BCUT2D eigenvalue weighted by atomic mass is 16.5. The Bertz CT molecular complexity index is 826. The second-order valence-electron chi connectivity index (χ2n) is 13.4. The van der Waals surface area contributed by atoms with E-state index in [1.54, 1.807) is 0 Å². The first-order valence-electron chi connectivity index (χ1n) is 17.8. The van der Waals surface area contributed by atoms with Crippen LogP contribution in [0.15, 0.2) is 47.1 Å². The van der Waals surface area contributed by atoms with Crippen LogP contribution in [0.4, 0.5) is 0 Å². The van der Waals surface area contributed by atoms with Crippen molar-refractivity contribution < 1.29 is 19.1 Å². The predicted octanol–water partition coefficient (Wildman–Crippen LogP) is 12.9. The number of rotatable bonds is 24. The van der Waals surface area contributed by atoms with Crippen molar-refractivity contribution in [3.63, 3.8) is 0 Å². The van der Waals surface area contributed by atoms with Crippen molar-refractivity contribution in [3.05, 3.63) is 47.1 Å². The molecule has 0 aliphatic carbocycles. The van der Waals surface area contributed by atoms with Crippen LogP contribution in [-0.2, 0) is 19.1 Å². The molecule has 0 aliphatic heterocycles. The zero-order valence-electron chi connectivity index (χ0n) is 30.8. The third kappa shape index (κ3) is 38.0. The fourth-order valence-corrected chi connectivity index (χ4v) is 4.94.